The lowest BCUT2D eigenvalue weighted by molar-refractivity contribution is -0.122. The Balaban J connectivity index is 1.81. The van der Waals surface area contributed by atoms with Crippen LogP contribution in [0.2, 0.25) is 10.0 Å². The predicted molar refractivity (Wildman–Crippen MR) is 143 cm³/mol. The minimum Gasteiger partial charge on any atom is -0.339 e. The largest absolute Gasteiger partial charge is 0.339 e. The fourth-order valence-corrected chi connectivity index (χ4v) is 4.10. The number of thiocarbonyl (C=S) groups is 1. The molecule has 0 spiro atoms. The monoisotopic (exact) mass is 559 g/mol. The number of nitrogens with one attached hydrogen (secondary N) is 3. The average Bonchev–Trinajstić information content (AvgIpc) is 2.76. The van der Waals surface area contributed by atoms with E-state index in [9.17, 15) is 4.79 Å². The van der Waals surface area contributed by atoms with Gasteiger partial charge in [-0.25, -0.2) is 0 Å². The van der Waals surface area contributed by atoms with Gasteiger partial charge in [0.2, 0.25) is 9.70 Å². The van der Waals surface area contributed by atoms with E-state index in [0.29, 0.717) is 15.7 Å². The Bertz CT molecular complexity index is 1070. The maximum absolute atomic E-state index is 13.4. The number of rotatable bonds is 6. The third-order valence-corrected chi connectivity index (χ3v) is 6.02. The van der Waals surface area contributed by atoms with Crippen LogP contribution in [0.5, 0.6) is 0 Å². The first kappa shape index (κ1) is 25.9. The summed E-state index contributed by atoms with van der Waals surface area (Å²) in [5.74, 6) is -1.00. The van der Waals surface area contributed by atoms with Gasteiger partial charge in [-0.05, 0) is 41.5 Å². The SMILES string of the molecule is O=C(N[C@@H](NC(=S)Nc1ccc(Cl)cc1Cl)C(Cl)(Cl)Cl)C(c1ccccc1)c1ccccc1. The van der Waals surface area contributed by atoms with Crippen LogP contribution in [0.3, 0.4) is 0 Å². The summed E-state index contributed by atoms with van der Waals surface area (Å²) in [6.07, 6.45) is -1.14. The second-order valence-electron chi connectivity index (χ2n) is 6.96. The summed E-state index contributed by atoms with van der Waals surface area (Å²) in [5, 5.41) is 9.43. The highest BCUT2D eigenvalue weighted by atomic mass is 35.6. The maximum Gasteiger partial charge on any atom is 0.233 e. The average molecular weight is 562 g/mol. The molecule has 0 saturated carbocycles. The van der Waals surface area contributed by atoms with Gasteiger partial charge in [-0.3, -0.25) is 4.79 Å². The molecule has 0 heterocycles. The number of carbonyl (C=O) groups is 1. The first-order valence-electron chi connectivity index (χ1n) is 9.64. The van der Waals surface area contributed by atoms with Crippen LogP contribution in [0.15, 0.2) is 78.9 Å². The number of benzene rings is 3. The quantitative estimate of drug-likeness (QED) is 0.174. The van der Waals surface area contributed by atoms with Gasteiger partial charge in [0, 0.05) is 5.02 Å². The van der Waals surface area contributed by atoms with E-state index in [1.165, 1.54) is 0 Å². The van der Waals surface area contributed by atoms with Crippen molar-refractivity contribution < 1.29 is 4.79 Å². The smallest absolute Gasteiger partial charge is 0.233 e. The zero-order valence-corrected chi connectivity index (χ0v) is 21.5. The van der Waals surface area contributed by atoms with Gasteiger partial charge in [-0.15, -0.1) is 0 Å². The van der Waals surface area contributed by atoms with Gasteiger partial charge in [0.15, 0.2) is 5.11 Å². The van der Waals surface area contributed by atoms with Crippen LogP contribution in [0.4, 0.5) is 5.69 Å². The molecule has 0 bridgehead atoms. The fraction of sp³-hybridized carbons (Fsp3) is 0.130. The molecule has 0 aliphatic rings. The zero-order chi connectivity index (χ0) is 24.0. The molecule has 0 radical (unpaired) electrons. The van der Waals surface area contributed by atoms with Crippen LogP contribution < -0.4 is 16.0 Å². The molecule has 33 heavy (non-hydrogen) atoms. The van der Waals surface area contributed by atoms with E-state index < -0.39 is 15.9 Å². The lowest BCUT2D eigenvalue weighted by Crippen LogP contribution is -2.57. The molecule has 1 amide bonds. The Kier molecular flexibility index (Phi) is 9.10. The molecule has 172 valence electrons. The third kappa shape index (κ3) is 7.38. The van der Waals surface area contributed by atoms with Crippen molar-refractivity contribution in [2.75, 3.05) is 5.32 Å². The highest BCUT2D eigenvalue weighted by Gasteiger charge is 2.36. The van der Waals surface area contributed by atoms with Gasteiger partial charge >= 0.3 is 0 Å². The van der Waals surface area contributed by atoms with Gasteiger partial charge in [-0.1, -0.05) is 119 Å². The molecule has 0 aliphatic heterocycles. The third-order valence-electron chi connectivity index (χ3n) is 4.60. The Labute approximate surface area is 222 Å². The number of alkyl halides is 3. The molecule has 3 N–H and O–H groups in total. The molecule has 3 aromatic rings. The van der Waals surface area contributed by atoms with Crippen molar-refractivity contribution >= 4 is 86.9 Å². The van der Waals surface area contributed by atoms with Crippen LogP contribution in [0.1, 0.15) is 17.0 Å². The molecule has 0 unspecified atom stereocenters. The maximum atomic E-state index is 13.4. The minimum absolute atomic E-state index is 0.0896. The first-order chi connectivity index (χ1) is 15.6. The van der Waals surface area contributed by atoms with E-state index in [0.717, 1.165) is 11.1 Å². The molecule has 4 nitrogen and oxygen atoms in total. The standard InChI is InChI=1S/C23H18Cl5N3OS/c24-16-11-12-18(17(25)13-16)29-22(33)31-21(23(26,27)28)30-20(32)19(14-7-3-1-4-8-14)15-9-5-2-6-10-15/h1-13,19,21H,(H,30,32)(H2,29,31,33)/t21-/m0/s1. The van der Waals surface area contributed by atoms with E-state index in [-0.39, 0.29) is 11.0 Å². The summed E-state index contributed by atoms with van der Waals surface area (Å²) >= 11 is 35.9. The molecular formula is C23H18Cl5N3OS. The summed E-state index contributed by atoms with van der Waals surface area (Å²) < 4.78 is -1.91. The van der Waals surface area contributed by atoms with Crippen molar-refractivity contribution in [3.63, 3.8) is 0 Å². The number of anilines is 1. The lowest BCUT2D eigenvalue weighted by atomic mass is 9.90. The second kappa shape index (κ2) is 11.6. The molecular weight excluding hydrogens is 544 g/mol. The Morgan fingerprint density at radius 2 is 1.36 bits per heavy atom. The lowest BCUT2D eigenvalue weighted by Gasteiger charge is -2.30. The molecule has 0 aromatic heterocycles. The van der Waals surface area contributed by atoms with Crippen molar-refractivity contribution in [3.05, 3.63) is 100 Å². The molecule has 3 aromatic carbocycles. The summed E-state index contributed by atoms with van der Waals surface area (Å²) in [7, 11) is 0. The van der Waals surface area contributed by atoms with Crippen LogP contribution >= 0.6 is 70.2 Å². The highest BCUT2D eigenvalue weighted by molar-refractivity contribution is 7.80. The summed E-state index contributed by atoms with van der Waals surface area (Å²) in [6, 6.07) is 23.5. The Morgan fingerprint density at radius 1 is 0.818 bits per heavy atom. The number of hydrogen-bond acceptors (Lipinski definition) is 2. The van der Waals surface area contributed by atoms with Crippen molar-refractivity contribution in [3.8, 4) is 0 Å². The zero-order valence-electron chi connectivity index (χ0n) is 16.9. The second-order valence-corrected chi connectivity index (χ2v) is 10.6. The van der Waals surface area contributed by atoms with Crippen LogP contribution in [-0.4, -0.2) is 21.0 Å². The van der Waals surface area contributed by atoms with Gasteiger partial charge in [0.1, 0.15) is 6.17 Å². The van der Waals surface area contributed by atoms with E-state index in [4.69, 9.17) is 70.2 Å². The molecule has 0 saturated heterocycles. The summed E-state index contributed by atoms with van der Waals surface area (Å²) in [4.78, 5) is 13.4. The number of carbonyl (C=O) groups excluding carboxylic acids is 1. The highest BCUT2D eigenvalue weighted by Crippen LogP contribution is 2.31. The van der Waals surface area contributed by atoms with Gasteiger partial charge in [0.05, 0.1) is 16.6 Å². The Hall–Kier alpha value is -1.73. The predicted octanol–water partition coefficient (Wildman–Crippen LogP) is 6.92. The number of amides is 1. The normalized spacial score (nSPS) is 12.2. The first-order valence-corrected chi connectivity index (χ1v) is 11.9. The molecule has 1 atom stereocenters. The van der Waals surface area contributed by atoms with Crippen molar-refractivity contribution in [1.82, 2.24) is 10.6 Å². The summed E-state index contributed by atoms with van der Waals surface area (Å²) in [6.45, 7) is 0. The molecule has 10 heteroatoms. The van der Waals surface area contributed by atoms with E-state index >= 15 is 0 Å². The molecule has 3 rings (SSSR count). The summed E-state index contributed by atoms with van der Waals surface area (Å²) in [5.41, 5.74) is 2.08. The van der Waals surface area contributed by atoms with Crippen LogP contribution in [0, 0.1) is 0 Å². The van der Waals surface area contributed by atoms with E-state index in [2.05, 4.69) is 16.0 Å². The Morgan fingerprint density at radius 3 is 1.85 bits per heavy atom. The topological polar surface area (TPSA) is 53.2 Å². The van der Waals surface area contributed by atoms with Crippen molar-refractivity contribution in [2.45, 2.75) is 15.9 Å². The molecule has 0 fully saturated rings. The van der Waals surface area contributed by atoms with E-state index in [1.807, 2.05) is 60.7 Å². The minimum atomic E-state index is -1.91. The van der Waals surface area contributed by atoms with E-state index in [1.54, 1.807) is 18.2 Å². The number of halogens is 5. The fourth-order valence-electron chi connectivity index (χ4n) is 3.09. The van der Waals surface area contributed by atoms with Crippen molar-refractivity contribution in [1.29, 1.82) is 0 Å². The molecule has 0 aliphatic carbocycles. The number of hydrogen-bond donors (Lipinski definition) is 3. The van der Waals surface area contributed by atoms with Crippen LogP contribution in [-0.2, 0) is 4.79 Å². The van der Waals surface area contributed by atoms with Gasteiger partial charge in [0.25, 0.3) is 0 Å². The van der Waals surface area contributed by atoms with Gasteiger partial charge < -0.3 is 16.0 Å². The van der Waals surface area contributed by atoms with Crippen LogP contribution in [0.25, 0.3) is 0 Å². The van der Waals surface area contributed by atoms with Gasteiger partial charge in [-0.2, -0.15) is 0 Å². The van der Waals surface area contributed by atoms with Crippen molar-refractivity contribution in [2.24, 2.45) is 0 Å².